The van der Waals surface area contributed by atoms with E-state index in [-0.39, 0.29) is 11.0 Å². The molecule has 1 aromatic rings. The number of aliphatic hydroxyl groups excluding tert-OH is 1. The number of aliphatic hydroxyl groups is 1. The minimum absolute atomic E-state index is 0.219. The molecule has 0 aromatic heterocycles. The van der Waals surface area contributed by atoms with Crippen LogP contribution in [-0.4, -0.2) is 12.2 Å². The maximum absolute atomic E-state index is 9.79. The van der Waals surface area contributed by atoms with E-state index in [0.717, 1.165) is 17.0 Å². The Bertz CT molecular complexity index is 575. The predicted octanol–water partition coefficient (Wildman–Crippen LogP) is 7.95. The zero-order valence-electron chi connectivity index (χ0n) is 19.0. The standard InChI is InChI=1S/C17H24N2OS.C4H10.C3H8/c1-5-6-16(20)11-17(12(2)18)21-13(3)14-7-9-15(19-4)10-8-14;1-3-4-2;1-3-2/h6-11,13,19-20H,2,5,18H2,1,3-4H3;3-4H2,1-2H3;3H2,1-2H3/b16-6+,17-11+;;. The lowest BCUT2D eigenvalue weighted by atomic mass is 10.1. The van der Waals surface area contributed by atoms with Gasteiger partial charge < -0.3 is 16.2 Å². The molecule has 1 unspecified atom stereocenters. The summed E-state index contributed by atoms with van der Waals surface area (Å²) >= 11 is 1.59. The summed E-state index contributed by atoms with van der Waals surface area (Å²) in [4.78, 5) is 0.794. The molecule has 0 radical (unpaired) electrons. The zero-order chi connectivity index (χ0) is 21.9. The lowest BCUT2D eigenvalue weighted by molar-refractivity contribution is 0.429. The van der Waals surface area contributed by atoms with Crippen molar-refractivity contribution >= 4 is 17.4 Å². The van der Waals surface area contributed by atoms with Gasteiger partial charge in [-0.1, -0.05) is 72.6 Å². The molecule has 0 aliphatic heterocycles. The summed E-state index contributed by atoms with van der Waals surface area (Å²) in [6, 6.07) is 8.26. The molecule has 0 saturated carbocycles. The van der Waals surface area contributed by atoms with Crippen LogP contribution in [0.3, 0.4) is 0 Å². The van der Waals surface area contributed by atoms with Gasteiger partial charge in [0.15, 0.2) is 0 Å². The number of unbranched alkanes of at least 4 members (excludes halogenated alkanes) is 1. The van der Waals surface area contributed by atoms with Gasteiger partial charge in [0.05, 0.1) is 0 Å². The highest BCUT2D eigenvalue weighted by atomic mass is 32.2. The topological polar surface area (TPSA) is 58.3 Å². The normalized spacial score (nSPS) is 12.1. The summed E-state index contributed by atoms with van der Waals surface area (Å²) in [5.41, 5.74) is 8.57. The molecule has 0 aliphatic rings. The lowest BCUT2D eigenvalue weighted by Crippen LogP contribution is -2.00. The molecule has 0 saturated heterocycles. The average Bonchev–Trinajstić information content (AvgIpc) is 2.68. The van der Waals surface area contributed by atoms with E-state index in [1.54, 1.807) is 23.9 Å². The van der Waals surface area contributed by atoms with Gasteiger partial charge in [-0.25, -0.2) is 0 Å². The number of hydrogen-bond acceptors (Lipinski definition) is 4. The molecular formula is C24H42N2OS. The smallest absolute Gasteiger partial charge is 0.112 e. The highest BCUT2D eigenvalue weighted by molar-refractivity contribution is 8.03. The van der Waals surface area contributed by atoms with Gasteiger partial charge in [-0.3, -0.25) is 0 Å². The Kier molecular flexibility index (Phi) is 18.8. The second-order valence-corrected chi connectivity index (χ2v) is 7.79. The van der Waals surface area contributed by atoms with Crippen molar-refractivity contribution in [3.8, 4) is 0 Å². The van der Waals surface area contributed by atoms with Crippen LogP contribution >= 0.6 is 11.8 Å². The van der Waals surface area contributed by atoms with E-state index >= 15 is 0 Å². The van der Waals surface area contributed by atoms with Gasteiger partial charge in [-0.05, 0) is 43.2 Å². The van der Waals surface area contributed by atoms with Crippen LogP contribution in [0, 0.1) is 0 Å². The Morgan fingerprint density at radius 3 is 2.00 bits per heavy atom. The van der Waals surface area contributed by atoms with Crippen molar-refractivity contribution in [3.05, 3.63) is 64.9 Å². The first-order chi connectivity index (χ1) is 13.3. The van der Waals surface area contributed by atoms with Crippen LogP contribution in [0.25, 0.3) is 0 Å². The fraction of sp³-hybridized carbons (Fsp3) is 0.500. The first-order valence-corrected chi connectivity index (χ1v) is 11.2. The predicted molar refractivity (Wildman–Crippen MR) is 131 cm³/mol. The van der Waals surface area contributed by atoms with Gasteiger partial charge in [0.1, 0.15) is 5.76 Å². The SMILES string of the molecule is C=C(N)/C(=C\C(O)=C/CC)SC(C)c1ccc(NC)cc1.CCC.CCCC. The van der Waals surface area contributed by atoms with Gasteiger partial charge >= 0.3 is 0 Å². The Morgan fingerprint density at radius 2 is 1.64 bits per heavy atom. The molecule has 0 amide bonds. The van der Waals surface area contributed by atoms with Crippen molar-refractivity contribution in [3.63, 3.8) is 0 Å². The number of hydrogen-bond donors (Lipinski definition) is 3. The fourth-order valence-corrected chi connectivity index (χ4v) is 2.80. The number of anilines is 1. The maximum atomic E-state index is 9.79. The van der Waals surface area contributed by atoms with Crippen molar-refractivity contribution in [2.24, 2.45) is 5.73 Å². The molecular weight excluding hydrogens is 364 g/mol. The number of rotatable bonds is 8. The molecule has 0 heterocycles. The van der Waals surface area contributed by atoms with E-state index in [4.69, 9.17) is 5.73 Å². The van der Waals surface area contributed by atoms with Gasteiger partial charge in [0, 0.05) is 28.6 Å². The molecule has 0 bridgehead atoms. The van der Waals surface area contributed by atoms with E-state index in [1.165, 1.54) is 24.8 Å². The Balaban J connectivity index is 0. The first kappa shape index (κ1) is 28.4. The van der Waals surface area contributed by atoms with E-state index < -0.39 is 0 Å². The number of benzene rings is 1. The molecule has 0 aliphatic carbocycles. The van der Waals surface area contributed by atoms with Gasteiger partial charge in [-0.15, -0.1) is 11.8 Å². The maximum Gasteiger partial charge on any atom is 0.112 e. The first-order valence-electron chi connectivity index (χ1n) is 10.3. The molecule has 0 spiro atoms. The van der Waals surface area contributed by atoms with Crippen molar-refractivity contribution in [2.45, 2.75) is 72.5 Å². The molecule has 4 heteroatoms. The van der Waals surface area contributed by atoms with E-state index in [1.807, 2.05) is 26.1 Å². The summed E-state index contributed by atoms with van der Waals surface area (Å²) in [6.07, 6.45) is 8.09. The summed E-state index contributed by atoms with van der Waals surface area (Å²) in [5.74, 6) is 0.226. The quantitative estimate of drug-likeness (QED) is 0.303. The summed E-state index contributed by atoms with van der Waals surface area (Å²) in [5, 5.41) is 13.1. The van der Waals surface area contributed by atoms with Crippen molar-refractivity contribution in [1.29, 1.82) is 0 Å². The second-order valence-electron chi connectivity index (χ2n) is 6.41. The molecule has 4 N–H and O–H groups in total. The van der Waals surface area contributed by atoms with Crippen LogP contribution in [0.1, 0.15) is 78.0 Å². The van der Waals surface area contributed by atoms with E-state index in [9.17, 15) is 5.11 Å². The largest absolute Gasteiger partial charge is 0.508 e. The third kappa shape index (κ3) is 14.3. The lowest BCUT2D eigenvalue weighted by Gasteiger charge is -2.15. The fourth-order valence-electron chi connectivity index (χ4n) is 1.78. The molecule has 3 nitrogen and oxygen atoms in total. The van der Waals surface area contributed by atoms with Crippen LogP contribution in [0.4, 0.5) is 5.69 Å². The van der Waals surface area contributed by atoms with E-state index in [2.05, 4.69) is 58.6 Å². The Morgan fingerprint density at radius 1 is 1.14 bits per heavy atom. The van der Waals surface area contributed by atoms with Crippen molar-refractivity contribution in [2.75, 3.05) is 12.4 Å². The summed E-state index contributed by atoms with van der Waals surface area (Å²) in [7, 11) is 1.90. The van der Waals surface area contributed by atoms with Gasteiger partial charge in [-0.2, -0.15) is 0 Å². The number of nitrogens with one attached hydrogen (secondary N) is 1. The summed E-state index contributed by atoms with van der Waals surface area (Å²) < 4.78 is 0. The molecule has 0 fully saturated rings. The highest BCUT2D eigenvalue weighted by Crippen LogP contribution is 2.36. The van der Waals surface area contributed by atoms with Gasteiger partial charge in [0.2, 0.25) is 0 Å². The number of allylic oxidation sites excluding steroid dienone is 2. The third-order valence-corrected chi connectivity index (χ3v) is 4.74. The Labute approximate surface area is 178 Å². The molecule has 1 rings (SSSR count). The molecule has 1 atom stereocenters. The summed E-state index contributed by atoms with van der Waals surface area (Å²) in [6.45, 7) is 16.5. The third-order valence-electron chi connectivity index (χ3n) is 3.48. The van der Waals surface area contributed by atoms with Crippen LogP contribution in [0.5, 0.6) is 0 Å². The van der Waals surface area contributed by atoms with Crippen molar-refractivity contribution < 1.29 is 5.11 Å². The minimum Gasteiger partial charge on any atom is -0.508 e. The van der Waals surface area contributed by atoms with Gasteiger partial charge in [0.25, 0.3) is 0 Å². The van der Waals surface area contributed by atoms with Crippen molar-refractivity contribution in [1.82, 2.24) is 0 Å². The Hall–Kier alpha value is -1.81. The average molecular weight is 407 g/mol. The molecule has 1 aromatic carbocycles. The van der Waals surface area contributed by atoms with Crippen LogP contribution < -0.4 is 11.1 Å². The highest BCUT2D eigenvalue weighted by Gasteiger charge is 2.11. The molecule has 28 heavy (non-hydrogen) atoms. The van der Waals surface area contributed by atoms with E-state index in [0.29, 0.717) is 5.70 Å². The minimum atomic E-state index is 0.219. The van der Waals surface area contributed by atoms with Crippen LogP contribution in [0.2, 0.25) is 0 Å². The van der Waals surface area contributed by atoms with Crippen LogP contribution in [0.15, 0.2) is 59.4 Å². The van der Waals surface area contributed by atoms with Crippen LogP contribution in [-0.2, 0) is 0 Å². The number of nitrogens with two attached hydrogens (primary N) is 1. The molecule has 160 valence electrons. The zero-order valence-corrected chi connectivity index (χ0v) is 19.8. The number of thioether (sulfide) groups is 1. The monoisotopic (exact) mass is 406 g/mol. The second kappa shape index (κ2) is 18.5.